The molecule has 2 atom stereocenters. The summed E-state index contributed by atoms with van der Waals surface area (Å²) >= 11 is 7.26. The zero-order valence-electron chi connectivity index (χ0n) is 15.5. The number of nitrogens with zero attached hydrogens (tertiary/aromatic N) is 4. The molecule has 6 nitrogen and oxygen atoms in total. The van der Waals surface area contributed by atoms with E-state index >= 15 is 0 Å². The lowest BCUT2D eigenvalue weighted by Gasteiger charge is -2.27. The molecule has 1 aliphatic heterocycles. The molecule has 2 N–H and O–H groups in total. The molecule has 0 radical (unpaired) electrons. The van der Waals surface area contributed by atoms with Gasteiger partial charge in [-0.25, -0.2) is 4.98 Å². The first kappa shape index (κ1) is 18.2. The van der Waals surface area contributed by atoms with Crippen LogP contribution in [0.15, 0.2) is 67.0 Å². The number of nitrogens with one attached hydrogen (secondary N) is 1. The summed E-state index contributed by atoms with van der Waals surface area (Å²) in [6, 6.07) is 17.9. The van der Waals surface area contributed by atoms with Crippen molar-refractivity contribution in [3.63, 3.8) is 0 Å². The molecule has 1 fully saturated rings. The Morgan fingerprint density at radius 1 is 1.10 bits per heavy atom. The van der Waals surface area contributed by atoms with Crippen LogP contribution in [-0.2, 0) is 0 Å². The average Bonchev–Trinajstić information content (AvgIpc) is 3.46. The van der Waals surface area contributed by atoms with E-state index in [4.69, 9.17) is 17.2 Å². The molecule has 0 spiro atoms. The second kappa shape index (κ2) is 7.55. The van der Waals surface area contributed by atoms with Crippen LogP contribution in [0.25, 0.3) is 15.3 Å². The Morgan fingerprint density at radius 3 is 2.76 bits per heavy atom. The fourth-order valence-electron chi connectivity index (χ4n) is 3.85. The predicted octanol–water partition coefficient (Wildman–Crippen LogP) is 3.45. The normalized spacial score (nSPS) is 19.1. The molecule has 0 bridgehead atoms. The number of aliphatic hydroxyl groups is 1. The molecular formula is C21H19N5OS2. The second-order valence-electron chi connectivity index (χ2n) is 6.81. The number of para-hydroxylation sites is 1. The van der Waals surface area contributed by atoms with Gasteiger partial charge in [0.1, 0.15) is 0 Å². The summed E-state index contributed by atoms with van der Waals surface area (Å²) in [7, 11) is 0. The van der Waals surface area contributed by atoms with Crippen LogP contribution >= 0.6 is 23.6 Å². The van der Waals surface area contributed by atoms with Gasteiger partial charge in [-0.15, -0.1) is 0 Å². The van der Waals surface area contributed by atoms with Gasteiger partial charge in [-0.05, 0) is 48.6 Å². The number of thiocarbonyl (C=S) groups is 1. The molecule has 1 aliphatic rings. The van der Waals surface area contributed by atoms with Crippen molar-refractivity contribution in [1.82, 2.24) is 24.8 Å². The van der Waals surface area contributed by atoms with E-state index < -0.39 is 0 Å². The Morgan fingerprint density at radius 2 is 1.97 bits per heavy atom. The number of benzene rings is 1. The zero-order chi connectivity index (χ0) is 19.8. The summed E-state index contributed by atoms with van der Waals surface area (Å²) in [4.78, 5) is 11.4. The van der Waals surface area contributed by atoms with E-state index in [0.29, 0.717) is 11.7 Å². The van der Waals surface area contributed by atoms with E-state index in [2.05, 4.69) is 27.0 Å². The average molecular weight is 422 g/mol. The summed E-state index contributed by atoms with van der Waals surface area (Å²) < 4.78 is 3.27. The summed E-state index contributed by atoms with van der Waals surface area (Å²) in [6.07, 6.45) is 3.82. The van der Waals surface area contributed by atoms with Crippen molar-refractivity contribution in [3.8, 4) is 5.13 Å². The molecular weight excluding hydrogens is 402 g/mol. The van der Waals surface area contributed by atoms with Gasteiger partial charge in [0.05, 0.1) is 40.3 Å². The van der Waals surface area contributed by atoms with E-state index in [9.17, 15) is 5.11 Å². The highest BCUT2D eigenvalue weighted by molar-refractivity contribution is 7.80. The number of hydrogen-bond donors (Lipinski definition) is 2. The van der Waals surface area contributed by atoms with Gasteiger partial charge in [-0.1, -0.05) is 29.5 Å². The standard InChI is InChI=1S/C21H19N5OS2/c27-13-12-26-19(18(24-20(26)28)15-7-3-4-10-22-15)16-8-5-11-25(16)21-23-14-6-1-2-9-17(14)29-21/h1-11,18-19,27H,12-13H2,(H,24,28)/t18-,19+/m0/s1. The van der Waals surface area contributed by atoms with Gasteiger partial charge in [0.2, 0.25) is 0 Å². The van der Waals surface area contributed by atoms with Crippen molar-refractivity contribution in [3.05, 3.63) is 78.4 Å². The van der Waals surface area contributed by atoms with Crippen LogP contribution < -0.4 is 5.32 Å². The van der Waals surface area contributed by atoms with Gasteiger partial charge in [-0.3, -0.25) is 9.55 Å². The van der Waals surface area contributed by atoms with Crippen LogP contribution in [0.3, 0.4) is 0 Å². The lowest BCUT2D eigenvalue weighted by Crippen LogP contribution is -2.32. The lowest BCUT2D eigenvalue weighted by molar-refractivity contribution is 0.220. The molecule has 4 heterocycles. The third-order valence-electron chi connectivity index (χ3n) is 5.11. The first-order chi connectivity index (χ1) is 14.3. The largest absolute Gasteiger partial charge is 0.395 e. The summed E-state index contributed by atoms with van der Waals surface area (Å²) in [5.74, 6) is 0. The van der Waals surface area contributed by atoms with Gasteiger partial charge in [0.25, 0.3) is 0 Å². The maximum Gasteiger partial charge on any atom is 0.194 e. The number of rotatable bonds is 5. The van der Waals surface area contributed by atoms with Crippen molar-refractivity contribution in [2.24, 2.45) is 0 Å². The SMILES string of the molecule is OCCN1C(=S)N[C@@H](c2ccccn2)[C@H]1c1cccn1-c1nc2ccccc2s1. The monoisotopic (exact) mass is 421 g/mol. The molecule has 0 saturated carbocycles. The summed E-state index contributed by atoms with van der Waals surface area (Å²) in [5, 5.41) is 14.6. The smallest absolute Gasteiger partial charge is 0.194 e. The van der Waals surface area contributed by atoms with E-state index in [0.717, 1.165) is 26.7 Å². The highest BCUT2D eigenvalue weighted by Gasteiger charge is 2.41. The maximum absolute atomic E-state index is 9.64. The third kappa shape index (κ3) is 3.19. The van der Waals surface area contributed by atoms with Crippen LogP contribution in [0.1, 0.15) is 23.5 Å². The molecule has 3 aromatic heterocycles. The van der Waals surface area contributed by atoms with Crippen LogP contribution in [0.4, 0.5) is 0 Å². The molecule has 1 aromatic carbocycles. The Labute approximate surface area is 177 Å². The number of pyridine rings is 1. The minimum Gasteiger partial charge on any atom is -0.395 e. The fourth-order valence-corrected chi connectivity index (χ4v) is 5.15. The van der Waals surface area contributed by atoms with Gasteiger partial charge in [-0.2, -0.15) is 0 Å². The van der Waals surface area contributed by atoms with Gasteiger partial charge < -0.3 is 15.3 Å². The molecule has 0 aliphatic carbocycles. The number of fused-ring (bicyclic) bond motifs is 1. The molecule has 0 amide bonds. The molecule has 0 unspecified atom stereocenters. The minimum absolute atomic E-state index is 0.0229. The van der Waals surface area contributed by atoms with Gasteiger partial charge >= 0.3 is 0 Å². The van der Waals surface area contributed by atoms with Crippen LogP contribution in [-0.4, -0.2) is 42.8 Å². The van der Waals surface area contributed by atoms with E-state index in [1.54, 1.807) is 17.5 Å². The quantitative estimate of drug-likeness (QED) is 0.481. The molecule has 29 heavy (non-hydrogen) atoms. The molecule has 5 rings (SSSR count). The molecule has 146 valence electrons. The Hall–Kier alpha value is -2.81. The topological polar surface area (TPSA) is 66.2 Å². The Balaban J connectivity index is 1.62. The first-order valence-electron chi connectivity index (χ1n) is 9.38. The lowest BCUT2D eigenvalue weighted by atomic mass is 10.0. The number of aromatic nitrogens is 3. The summed E-state index contributed by atoms with van der Waals surface area (Å²) in [5.41, 5.74) is 2.96. The van der Waals surface area contributed by atoms with E-state index in [1.807, 2.05) is 53.6 Å². The van der Waals surface area contributed by atoms with Crippen molar-refractivity contribution in [2.75, 3.05) is 13.2 Å². The van der Waals surface area contributed by atoms with Crippen molar-refractivity contribution < 1.29 is 5.11 Å². The first-order valence-corrected chi connectivity index (χ1v) is 10.6. The second-order valence-corrected chi connectivity index (χ2v) is 8.21. The fraction of sp³-hybridized carbons (Fsp3) is 0.190. The van der Waals surface area contributed by atoms with Crippen molar-refractivity contribution in [1.29, 1.82) is 0 Å². The Kier molecular flexibility index (Phi) is 4.75. The Bertz CT molecular complexity index is 1120. The number of aliphatic hydroxyl groups excluding tert-OH is 1. The minimum atomic E-state index is -0.113. The number of β-amino-alcohol motifs (C(OH)–C–C–N with tert-alkyl or cyclic N) is 1. The maximum atomic E-state index is 9.64. The van der Waals surface area contributed by atoms with Crippen LogP contribution in [0.2, 0.25) is 0 Å². The predicted molar refractivity (Wildman–Crippen MR) is 118 cm³/mol. The van der Waals surface area contributed by atoms with E-state index in [-0.39, 0.29) is 18.7 Å². The van der Waals surface area contributed by atoms with Crippen molar-refractivity contribution >= 4 is 38.9 Å². The zero-order valence-corrected chi connectivity index (χ0v) is 17.1. The van der Waals surface area contributed by atoms with Crippen LogP contribution in [0, 0.1) is 0 Å². The highest BCUT2D eigenvalue weighted by Crippen LogP contribution is 2.40. The van der Waals surface area contributed by atoms with E-state index in [1.165, 1.54) is 0 Å². The molecule has 1 saturated heterocycles. The molecule has 8 heteroatoms. The van der Waals surface area contributed by atoms with Gasteiger partial charge in [0.15, 0.2) is 10.2 Å². The number of thiazole rings is 1. The summed E-state index contributed by atoms with van der Waals surface area (Å²) in [6.45, 7) is 0.472. The van der Waals surface area contributed by atoms with Gasteiger partial charge in [0, 0.05) is 18.9 Å². The number of hydrogen-bond acceptors (Lipinski definition) is 5. The van der Waals surface area contributed by atoms with Crippen LogP contribution in [0.5, 0.6) is 0 Å². The highest BCUT2D eigenvalue weighted by atomic mass is 32.1. The van der Waals surface area contributed by atoms with Crippen molar-refractivity contribution in [2.45, 2.75) is 12.1 Å². The third-order valence-corrected chi connectivity index (χ3v) is 6.50. The molecule has 4 aromatic rings.